The van der Waals surface area contributed by atoms with Gasteiger partial charge in [0.1, 0.15) is 0 Å². The zero-order valence-corrected chi connectivity index (χ0v) is 11.7. The van der Waals surface area contributed by atoms with Crippen molar-refractivity contribution in [2.24, 2.45) is 11.8 Å². The van der Waals surface area contributed by atoms with Crippen LogP contribution < -0.4 is 5.32 Å². The first kappa shape index (κ1) is 12.9. The summed E-state index contributed by atoms with van der Waals surface area (Å²) in [7, 11) is 0. The Bertz CT molecular complexity index is 261. The highest BCUT2D eigenvalue weighted by atomic mass is 16.5. The Balaban J connectivity index is 1.55. The predicted molar refractivity (Wildman–Crippen MR) is 73.7 cm³/mol. The van der Waals surface area contributed by atoms with Crippen molar-refractivity contribution in [3.8, 4) is 0 Å². The van der Waals surface area contributed by atoms with E-state index in [-0.39, 0.29) is 0 Å². The average Bonchev–Trinajstić information content (AvgIpc) is 3.24. The molecule has 0 radical (unpaired) electrons. The zero-order valence-electron chi connectivity index (χ0n) is 11.7. The van der Waals surface area contributed by atoms with Crippen LogP contribution in [0.4, 0.5) is 0 Å². The first-order valence-electron chi connectivity index (χ1n) is 7.92. The van der Waals surface area contributed by atoms with Gasteiger partial charge in [-0.3, -0.25) is 4.90 Å². The van der Waals surface area contributed by atoms with Crippen LogP contribution in [0.1, 0.15) is 39.0 Å². The van der Waals surface area contributed by atoms with Gasteiger partial charge in [-0.15, -0.1) is 0 Å². The molecule has 0 spiro atoms. The lowest BCUT2D eigenvalue weighted by atomic mass is 9.97. The lowest BCUT2D eigenvalue weighted by molar-refractivity contribution is 0.0199. The molecule has 3 nitrogen and oxygen atoms in total. The van der Waals surface area contributed by atoms with Crippen molar-refractivity contribution in [2.45, 2.75) is 51.1 Å². The van der Waals surface area contributed by atoms with Gasteiger partial charge in [0.05, 0.1) is 6.61 Å². The second-order valence-corrected chi connectivity index (χ2v) is 6.45. The van der Waals surface area contributed by atoms with E-state index in [1.807, 2.05) is 0 Å². The van der Waals surface area contributed by atoms with Crippen molar-refractivity contribution in [3.05, 3.63) is 0 Å². The molecular weight excluding hydrogens is 224 g/mol. The molecule has 0 amide bonds. The van der Waals surface area contributed by atoms with Crippen molar-refractivity contribution in [1.29, 1.82) is 0 Å². The van der Waals surface area contributed by atoms with Crippen molar-refractivity contribution in [2.75, 3.05) is 32.8 Å². The molecule has 3 fully saturated rings. The van der Waals surface area contributed by atoms with E-state index in [0.717, 1.165) is 37.1 Å². The third-order valence-corrected chi connectivity index (χ3v) is 4.97. The Morgan fingerprint density at radius 2 is 2.17 bits per heavy atom. The minimum atomic E-state index is 0.752. The minimum Gasteiger partial charge on any atom is -0.381 e. The summed E-state index contributed by atoms with van der Waals surface area (Å²) >= 11 is 0. The number of ether oxygens (including phenoxy) is 1. The first-order chi connectivity index (χ1) is 8.86. The number of nitrogens with zero attached hydrogens (tertiary/aromatic N) is 1. The number of hydrogen-bond donors (Lipinski definition) is 1. The molecule has 2 saturated heterocycles. The van der Waals surface area contributed by atoms with Gasteiger partial charge in [0.25, 0.3) is 0 Å². The van der Waals surface area contributed by atoms with E-state index in [4.69, 9.17) is 4.74 Å². The SMILES string of the molecule is CCC1CNC(C2CC2)CN1CC1CCCOC1. The van der Waals surface area contributed by atoms with E-state index in [1.165, 1.54) is 51.7 Å². The predicted octanol–water partition coefficient (Wildman–Crippen LogP) is 1.88. The van der Waals surface area contributed by atoms with E-state index >= 15 is 0 Å². The molecule has 1 aliphatic carbocycles. The van der Waals surface area contributed by atoms with Crippen LogP contribution in [0.15, 0.2) is 0 Å². The lowest BCUT2D eigenvalue weighted by Gasteiger charge is -2.42. The van der Waals surface area contributed by atoms with Crippen LogP contribution >= 0.6 is 0 Å². The fourth-order valence-electron chi connectivity index (χ4n) is 3.61. The highest BCUT2D eigenvalue weighted by molar-refractivity contribution is 4.94. The van der Waals surface area contributed by atoms with Gasteiger partial charge in [0.15, 0.2) is 0 Å². The van der Waals surface area contributed by atoms with Crippen LogP contribution in [0.3, 0.4) is 0 Å². The lowest BCUT2D eigenvalue weighted by Crippen LogP contribution is -2.58. The molecule has 1 N–H and O–H groups in total. The maximum atomic E-state index is 5.64. The molecule has 0 aromatic rings. The van der Waals surface area contributed by atoms with E-state index in [1.54, 1.807) is 0 Å². The highest BCUT2D eigenvalue weighted by Gasteiger charge is 2.37. The molecule has 2 aliphatic heterocycles. The van der Waals surface area contributed by atoms with E-state index < -0.39 is 0 Å². The Labute approximate surface area is 111 Å². The summed E-state index contributed by atoms with van der Waals surface area (Å²) in [5.74, 6) is 1.76. The van der Waals surface area contributed by atoms with Gasteiger partial charge in [-0.2, -0.15) is 0 Å². The molecule has 3 atom stereocenters. The monoisotopic (exact) mass is 252 g/mol. The number of piperazine rings is 1. The van der Waals surface area contributed by atoms with Gasteiger partial charge in [0.2, 0.25) is 0 Å². The second-order valence-electron chi connectivity index (χ2n) is 6.45. The molecule has 104 valence electrons. The summed E-state index contributed by atoms with van der Waals surface area (Å²) in [6.45, 7) is 8.05. The molecule has 3 rings (SSSR count). The van der Waals surface area contributed by atoms with E-state index in [0.29, 0.717) is 0 Å². The van der Waals surface area contributed by atoms with Crippen LogP contribution in [-0.4, -0.2) is 49.8 Å². The molecule has 0 aromatic heterocycles. The van der Waals surface area contributed by atoms with Crippen molar-refractivity contribution < 1.29 is 4.74 Å². The number of hydrogen-bond acceptors (Lipinski definition) is 3. The zero-order chi connectivity index (χ0) is 12.4. The summed E-state index contributed by atoms with van der Waals surface area (Å²) in [5.41, 5.74) is 0. The minimum absolute atomic E-state index is 0.752. The Morgan fingerprint density at radius 1 is 1.28 bits per heavy atom. The van der Waals surface area contributed by atoms with Gasteiger partial charge in [0, 0.05) is 38.3 Å². The Morgan fingerprint density at radius 3 is 2.83 bits per heavy atom. The van der Waals surface area contributed by atoms with Gasteiger partial charge >= 0.3 is 0 Å². The van der Waals surface area contributed by atoms with Crippen molar-refractivity contribution in [1.82, 2.24) is 10.2 Å². The van der Waals surface area contributed by atoms with Crippen molar-refractivity contribution in [3.63, 3.8) is 0 Å². The van der Waals surface area contributed by atoms with E-state index in [2.05, 4.69) is 17.1 Å². The summed E-state index contributed by atoms with van der Waals surface area (Å²) in [4.78, 5) is 2.76. The average molecular weight is 252 g/mol. The van der Waals surface area contributed by atoms with Gasteiger partial charge < -0.3 is 10.1 Å². The largest absolute Gasteiger partial charge is 0.381 e. The number of rotatable bonds is 4. The smallest absolute Gasteiger partial charge is 0.0506 e. The topological polar surface area (TPSA) is 24.5 Å². The summed E-state index contributed by atoms with van der Waals surface area (Å²) < 4.78 is 5.64. The van der Waals surface area contributed by atoms with E-state index in [9.17, 15) is 0 Å². The number of nitrogens with one attached hydrogen (secondary N) is 1. The molecule has 2 heterocycles. The Hall–Kier alpha value is -0.120. The van der Waals surface area contributed by atoms with Gasteiger partial charge in [-0.25, -0.2) is 0 Å². The molecule has 0 aromatic carbocycles. The van der Waals surface area contributed by atoms with Crippen LogP contribution in [-0.2, 0) is 4.74 Å². The molecular formula is C15H28N2O. The maximum absolute atomic E-state index is 5.64. The summed E-state index contributed by atoms with van der Waals surface area (Å²) in [5, 5.41) is 3.78. The van der Waals surface area contributed by atoms with Gasteiger partial charge in [-0.05, 0) is 43.9 Å². The fourth-order valence-corrected chi connectivity index (χ4v) is 3.61. The van der Waals surface area contributed by atoms with Crippen LogP contribution in [0.2, 0.25) is 0 Å². The highest BCUT2D eigenvalue weighted by Crippen LogP contribution is 2.34. The molecule has 0 bridgehead atoms. The molecule has 1 saturated carbocycles. The third kappa shape index (κ3) is 3.06. The normalized spacial score (nSPS) is 38.8. The maximum Gasteiger partial charge on any atom is 0.0506 e. The quantitative estimate of drug-likeness (QED) is 0.827. The molecule has 3 heteroatoms. The third-order valence-electron chi connectivity index (χ3n) is 4.97. The second kappa shape index (κ2) is 5.89. The Kier molecular flexibility index (Phi) is 4.22. The standard InChI is InChI=1S/C15H28N2O/c1-2-14-8-16-15(13-5-6-13)10-17(14)9-12-4-3-7-18-11-12/h12-16H,2-11H2,1H3. The van der Waals surface area contributed by atoms with Gasteiger partial charge in [-0.1, -0.05) is 6.92 Å². The summed E-state index contributed by atoms with van der Waals surface area (Å²) in [6, 6.07) is 1.53. The summed E-state index contributed by atoms with van der Waals surface area (Å²) in [6.07, 6.45) is 6.82. The van der Waals surface area contributed by atoms with Crippen LogP contribution in [0, 0.1) is 11.8 Å². The molecule has 3 unspecified atom stereocenters. The van der Waals surface area contributed by atoms with Crippen LogP contribution in [0.25, 0.3) is 0 Å². The van der Waals surface area contributed by atoms with Crippen LogP contribution in [0.5, 0.6) is 0 Å². The fraction of sp³-hybridized carbons (Fsp3) is 1.00. The molecule has 3 aliphatic rings. The first-order valence-corrected chi connectivity index (χ1v) is 7.92. The van der Waals surface area contributed by atoms with Crippen molar-refractivity contribution >= 4 is 0 Å². The molecule has 18 heavy (non-hydrogen) atoms.